The van der Waals surface area contributed by atoms with E-state index in [1.54, 1.807) is 0 Å². The van der Waals surface area contributed by atoms with Crippen molar-refractivity contribution in [2.75, 3.05) is 72.7 Å². The Bertz CT molecular complexity index is 345. The Kier molecular flexibility index (Phi) is 12.0. The minimum Gasteiger partial charge on any atom is -0.381 e. The topological polar surface area (TPSA) is 49.3 Å². The van der Waals surface area contributed by atoms with E-state index in [0.717, 1.165) is 71.5 Å². The molecule has 7 heteroatoms. The van der Waals surface area contributed by atoms with Crippen LogP contribution in [0.1, 0.15) is 26.2 Å². The maximum Gasteiger partial charge on any atom is 0.193 e. The first-order valence-corrected chi connectivity index (χ1v) is 9.17. The number of halogens is 1. The molecule has 0 aliphatic carbocycles. The van der Waals surface area contributed by atoms with E-state index in [1.165, 1.54) is 19.4 Å². The lowest BCUT2D eigenvalue weighted by atomic mass is 10.1. The molecule has 0 aromatic rings. The van der Waals surface area contributed by atoms with Crippen LogP contribution in [0.3, 0.4) is 0 Å². The molecule has 0 saturated carbocycles. The smallest absolute Gasteiger partial charge is 0.193 e. The Labute approximate surface area is 164 Å². The van der Waals surface area contributed by atoms with Crippen LogP contribution in [0.2, 0.25) is 0 Å². The van der Waals surface area contributed by atoms with Crippen molar-refractivity contribution < 1.29 is 9.47 Å². The largest absolute Gasteiger partial charge is 0.381 e. The van der Waals surface area contributed by atoms with Crippen LogP contribution in [0.5, 0.6) is 0 Å². The minimum absolute atomic E-state index is 0. The maximum atomic E-state index is 5.47. The third kappa shape index (κ3) is 8.31. The monoisotopic (exact) mass is 454 g/mol. The molecule has 0 aromatic carbocycles. The number of morpholine rings is 1. The number of nitrogens with zero attached hydrogens (tertiary/aromatic N) is 3. The van der Waals surface area contributed by atoms with Gasteiger partial charge in [0.15, 0.2) is 5.96 Å². The van der Waals surface area contributed by atoms with Crippen molar-refractivity contribution in [2.24, 2.45) is 10.9 Å². The number of nitrogens with one attached hydrogen (secondary N) is 1. The third-order valence-corrected chi connectivity index (χ3v) is 4.50. The molecule has 0 spiro atoms. The average molecular weight is 454 g/mol. The Balaban J connectivity index is 0.00000288. The Morgan fingerprint density at radius 3 is 2.67 bits per heavy atom. The van der Waals surface area contributed by atoms with Gasteiger partial charge in [0.1, 0.15) is 0 Å². The molecule has 2 aliphatic rings. The van der Waals surface area contributed by atoms with Crippen LogP contribution >= 0.6 is 24.0 Å². The number of rotatable bonds is 8. The Morgan fingerprint density at radius 2 is 2.00 bits per heavy atom. The fourth-order valence-corrected chi connectivity index (χ4v) is 3.13. The van der Waals surface area contributed by atoms with E-state index in [4.69, 9.17) is 14.5 Å². The third-order valence-electron chi connectivity index (χ3n) is 4.50. The van der Waals surface area contributed by atoms with Crippen molar-refractivity contribution in [2.45, 2.75) is 26.2 Å². The average Bonchev–Trinajstić information content (AvgIpc) is 3.07. The van der Waals surface area contributed by atoms with Gasteiger partial charge in [-0.25, -0.2) is 0 Å². The molecule has 2 aliphatic heterocycles. The molecular weight excluding hydrogens is 419 g/mol. The highest BCUT2D eigenvalue weighted by atomic mass is 127. The van der Waals surface area contributed by atoms with E-state index in [-0.39, 0.29) is 24.0 Å². The molecule has 2 fully saturated rings. The standard InChI is InChI=1S/C17H34N4O2.HI/c1-3-18-17(20(2)14-16-6-11-23-15-16)19-7-4-5-8-21-9-12-22-13-10-21;/h16H,3-15H2,1-2H3,(H,18,19);1H. The molecule has 0 radical (unpaired) electrons. The molecule has 24 heavy (non-hydrogen) atoms. The van der Waals surface area contributed by atoms with Gasteiger partial charge in [0, 0.05) is 52.3 Å². The molecule has 142 valence electrons. The number of unbranched alkanes of at least 4 members (excludes halogenated alkanes) is 1. The lowest BCUT2D eigenvalue weighted by Crippen LogP contribution is -2.41. The molecule has 2 rings (SSSR count). The van der Waals surface area contributed by atoms with Crippen molar-refractivity contribution in [1.29, 1.82) is 0 Å². The first-order chi connectivity index (χ1) is 11.3. The lowest BCUT2D eigenvalue weighted by Gasteiger charge is -2.26. The predicted molar refractivity (Wildman–Crippen MR) is 109 cm³/mol. The molecule has 1 unspecified atom stereocenters. The molecule has 0 aromatic heterocycles. The molecular formula is C17H35IN4O2. The summed E-state index contributed by atoms with van der Waals surface area (Å²) in [5.41, 5.74) is 0. The van der Waals surface area contributed by atoms with Crippen LogP contribution in [0.25, 0.3) is 0 Å². The first-order valence-electron chi connectivity index (χ1n) is 9.17. The van der Waals surface area contributed by atoms with Gasteiger partial charge in [-0.15, -0.1) is 24.0 Å². The van der Waals surface area contributed by atoms with Crippen LogP contribution in [-0.2, 0) is 9.47 Å². The van der Waals surface area contributed by atoms with E-state index in [0.29, 0.717) is 5.92 Å². The fraction of sp³-hybridized carbons (Fsp3) is 0.941. The number of hydrogen-bond donors (Lipinski definition) is 1. The van der Waals surface area contributed by atoms with Crippen LogP contribution in [0.4, 0.5) is 0 Å². The van der Waals surface area contributed by atoms with E-state index in [9.17, 15) is 0 Å². The highest BCUT2D eigenvalue weighted by molar-refractivity contribution is 14.0. The lowest BCUT2D eigenvalue weighted by molar-refractivity contribution is 0.0373. The summed E-state index contributed by atoms with van der Waals surface area (Å²) < 4.78 is 10.8. The number of aliphatic imine (C=N–C) groups is 1. The highest BCUT2D eigenvalue weighted by Gasteiger charge is 2.19. The summed E-state index contributed by atoms with van der Waals surface area (Å²) >= 11 is 0. The quantitative estimate of drug-likeness (QED) is 0.262. The zero-order chi connectivity index (χ0) is 16.3. The first kappa shape index (κ1) is 21.9. The van der Waals surface area contributed by atoms with Crippen LogP contribution < -0.4 is 5.32 Å². The van der Waals surface area contributed by atoms with Gasteiger partial charge in [0.2, 0.25) is 0 Å². The van der Waals surface area contributed by atoms with Crippen LogP contribution in [-0.4, -0.2) is 88.5 Å². The second-order valence-electron chi connectivity index (χ2n) is 6.51. The second kappa shape index (κ2) is 13.1. The summed E-state index contributed by atoms with van der Waals surface area (Å²) in [6.45, 7) is 11.9. The summed E-state index contributed by atoms with van der Waals surface area (Å²) in [4.78, 5) is 9.53. The fourth-order valence-electron chi connectivity index (χ4n) is 3.13. The summed E-state index contributed by atoms with van der Waals surface area (Å²) in [6.07, 6.45) is 3.53. The van der Waals surface area contributed by atoms with Crippen molar-refractivity contribution in [3.8, 4) is 0 Å². The Hall–Kier alpha value is -0.120. The predicted octanol–water partition coefficient (Wildman–Crippen LogP) is 1.65. The van der Waals surface area contributed by atoms with Gasteiger partial charge in [-0.05, 0) is 32.7 Å². The summed E-state index contributed by atoms with van der Waals surface area (Å²) in [5.74, 6) is 1.68. The van der Waals surface area contributed by atoms with Crippen molar-refractivity contribution >= 4 is 29.9 Å². The van der Waals surface area contributed by atoms with Crippen molar-refractivity contribution in [3.05, 3.63) is 0 Å². The molecule has 1 N–H and O–H groups in total. The summed E-state index contributed by atoms with van der Waals surface area (Å²) in [7, 11) is 2.13. The van der Waals surface area contributed by atoms with Gasteiger partial charge < -0.3 is 19.7 Å². The summed E-state index contributed by atoms with van der Waals surface area (Å²) in [5, 5.41) is 3.40. The zero-order valence-electron chi connectivity index (χ0n) is 15.3. The number of guanidine groups is 1. The minimum atomic E-state index is 0. The number of ether oxygens (including phenoxy) is 2. The molecule has 2 saturated heterocycles. The van der Waals surface area contributed by atoms with Gasteiger partial charge in [-0.3, -0.25) is 9.89 Å². The van der Waals surface area contributed by atoms with Gasteiger partial charge >= 0.3 is 0 Å². The number of hydrogen-bond acceptors (Lipinski definition) is 4. The van der Waals surface area contributed by atoms with Gasteiger partial charge in [0.05, 0.1) is 19.8 Å². The molecule has 2 heterocycles. The van der Waals surface area contributed by atoms with Crippen LogP contribution in [0, 0.1) is 5.92 Å². The van der Waals surface area contributed by atoms with Crippen molar-refractivity contribution in [3.63, 3.8) is 0 Å². The molecule has 6 nitrogen and oxygen atoms in total. The van der Waals surface area contributed by atoms with Gasteiger partial charge in [-0.2, -0.15) is 0 Å². The molecule has 0 amide bonds. The van der Waals surface area contributed by atoms with E-state index in [1.807, 2.05) is 0 Å². The Morgan fingerprint density at radius 1 is 1.21 bits per heavy atom. The molecule has 0 bridgehead atoms. The zero-order valence-corrected chi connectivity index (χ0v) is 17.7. The van der Waals surface area contributed by atoms with Gasteiger partial charge in [-0.1, -0.05) is 0 Å². The van der Waals surface area contributed by atoms with E-state index in [2.05, 4.69) is 29.1 Å². The van der Waals surface area contributed by atoms with Crippen molar-refractivity contribution in [1.82, 2.24) is 15.1 Å². The normalized spacial score (nSPS) is 22.2. The molecule has 1 atom stereocenters. The van der Waals surface area contributed by atoms with E-state index < -0.39 is 0 Å². The SMILES string of the molecule is CCNC(=NCCCCN1CCOCC1)N(C)CC1CCOC1.I. The maximum absolute atomic E-state index is 5.47. The summed E-state index contributed by atoms with van der Waals surface area (Å²) in [6, 6.07) is 0. The second-order valence-corrected chi connectivity index (χ2v) is 6.51. The van der Waals surface area contributed by atoms with E-state index >= 15 is 0 Å². The van der Waals surface area contributed by atoms with Gasteiger partial charge in [0.25, 0.3) is 0 Å². The van der Waals surface area contributed by atoms with Crippen LogP contribution in [0.15, 0.2) is 4.99 Å². The highest BCUT2D eigenvalue weighted by Crippen LogP contribution is 2.13.